The topological polar surface area (TPSA) is 38.3 Å². The zero-order valence-electron chi connectivity index (χ0n) is 10.4. The Kier molecular flexibility index (Phi) is 3.63. The number of anilines is 1. The molecule has 0 fully saturated rings. The van der Waals surface area contributed by atoms with E-state index in [2.05, 4.69) is 10.1 Å². The first-order valence-corrected chi connectivity index (χ1v) is 5.72. The molecule has 0 atom stereocenters. The third-order valence-electron chi connectivity index (χ3n) is 2.75. The molecule has 3 heteroatoms. The van der Waals surface area contributed by atoms with Gasteiger partial charge in [0, 0.05) is 5.69 Å². The lowest BCUT2D eigenvalue weighted by Crippen LogP contribution is -2.10. The maximum atomic E-state index is 11.2. The number of carbonyl (C=O) groups is 1. The van der Waals surface area contributed by atoms with Gasteiger partial charge >= 0.3 is 6.09 Å². The molecule has 92 valence electrons. The SMILES string of the molecule is COC(=O)Nc1ccc(C)c(-c2ccccc2)c1. The third kappa shape index (κ3) is 2.69. The fourth-order valence-corrected chi connectivity index (χ4v) is 1.80. The number of ether oxygens (including phenoxy) is 1. The van der Waals surface area contributed by atoms with Crippen LogP contribution in [0.4, 0.5) is 10.5 Å². The molecule has 0 aromatic heterocycles. The first-order chi connectivity index (χ1) is 8.70. The zero-order chi connectivity index (χ0) is 13.0. The fourth-order valence-electron chi connectivity index (χ4n) is 1.80. The van der Waals surface area contributed by atoms with Crippen LogP contribution in [0.25, 0.3) is 11.1 Å². The highest BCUT2D eigenvalue weighted by Gasteiger charge is 2.05. The molecule has 0 aliphatic rings. The Morgan fingerprint density at radius 1 is 1.11 bits per heavy atom. The number of benzene rings is 2. The summed E-state index contributed by atoms with van der Waals surface area (Å²) in [5.74, 6) is 0. The highest BCUT2D eigenvalue weighted by Crippen LogP contribution is 2.26. The predicted octanol–water partition coefficient (Wildman–Crippen LogP) is 3.84. The Hall–Kier alpha value is -2.29. The second kappa shape index (κ2) is 5.36. The van der Waals surface area contributed by atoms with Gasteiger partial charge in [-0.25, -0.2) is 4.79 Å². The lowest BCUT2D eigenvalue weighted by atomic mass is 10.00. The van der Waals surface area contributed by atoms with Crippen LogP contribution >= 0.6 is 0 Å². The summed E-state index contributed by atoms with van der Waals surface area (Å²) in [5.41, 5.74) is 4.12. The fraction of sp³-hybridized carbons (Fsp3) is 0.133. The van der Waals surface area contributed by atoms with Crippen molar-refractivity contribution < 1.29 is 9.53 Å². The molecule has 0 heterocycles. The number of hydrogen-bond acceptors (Lipinski definition) is 2. The Morgan fingerprint density at radius 2 is 1.83 bits per heavy atom. The lowest BCUT2D eigenvalue weighted by molar-refractivity contribution is 0.187. The van der Waals surface area contributed by atoms with Gasteiger partial charge in [0.05, 0.1) is 7.11 Å². The van der Waals surface area contributed by atoms with Crippen LogP contribution in [-0.4, -0.2) is 13.2 Å². The summed E-state index contributed by atoms with van der Waals surface area (Å²) in [6.07, 6.45) is -0.460. The van der Waals surface area contributed by atoms with Gasteiger partial charge in [-0.15, -0.1) is 0 Å². The molecule has 2 aromatic carbocycles. The smallest absolute Gasteiger partial charge is 0.411 e. The van der Waals surface area contributed by atoms with Crippen LogP contribution < -0.4 is 5.32 Å². The predicted molar refractivity (Wildman–Crippen MR) is 72.6 cm³/mol. The van der Waals surface area contributed by atoms with Crippen molar-refractivity contribution in [3.8, 4) is 11.1 Å². The summed E-state index contributed by atoms with van der Waals surface area (Å²) >= 11 is 0. The largest absolute Gasteiger partial charge is 0.453 e. The third-order valence-corrected chi connectivity index (χ3v) is 2.75. The summed E-state index contributed by atoms with van der Waals surface area (Å²) in [4.78, 5) is 11.2. The van der Waals surface area contributed by atoms with Crippen molar-refractivity contribution >= 4 is 11.8 Å². The molecule has 1 amide bonds. The summed E-state index contributed by atoms with van der Waals surface area (Å²) in [6, 6.07) is 15.8. The number of aryl methyl sites for hydroxylation is 1. The van der Waals surface area contributed by atoms with E-state index in [0.29, 0.717) is 0 Å². The maximum Gasteiger partial charge on any atom is 0.411 e. The number of nitrogens with one attached hydrogen (secondary N) is 1. The number of rotatable bonds is 2. The Morgan fingerprint density at radius 3 is 2.50 bits per heavy atom. The summed E-state index contributed by atoms with van der Waals surface area (Å²) < 4.78 is 4.58. The molecular weight excluding hydrogens is 226 g/mol. The van der Waals surface area contributed by atoms with Gasteiger partial charge in [-0.2, -0.15) is 0 Å². The summed E-state index contributed by atoms with van der Waals surface area (Å²) in [5, 5.41) is 2.67. The Bertz CT molecular complexity index is 550. The molecule has 0 bridgehead atoms. The van der Waals surface area contributed by atoms with Crippen LogP contribution in [0.2, 0.25) is 0 Å². The molecule has 0 unspecified atom stereocenters. The molecule has 1 N–H and O–H groups in total. The monoisotopic (exact) mass is 241 g/mol. The van der Waals surface area contributed by atoms with Crippen molar-refractivity contribution in [3.05, 3.63) is 54.1 Å². The minimum Gasteiger partial charge on any atom is -0.453 e. The molecule has 3 nitrogen and oxygen atoms in total. The molecule has 0 aliphatic heterocycles. The van der Waals surface area contributed by atoms with E-state index in [4.69, 9.17) is 0 Å². The van der Waals surface area contributed by atoms with Gasteiger partial charge in [-0.05, 0) is 35.7 Å². The maximum absolute atomic E-state index is 11.2. The van der Waals surface area contributed by atoms with E-state index in [1.54, 1.807) is 0 Å². The van der Waals surface area contributed by atoms with Gasteiger partial charge in [0.25, 0.3) is 0 Å². The average molecular weight is 241 g/mol. The van der Waals surface area contributed by atoms with Crippen LogP contribution in [0.5, 0.6) is 0 Å². The summed E-state index contributed by atoms with van der Waals surface area (Å²) in [6.45, 7) is 2.05. The van der Waals surface area contributed by atoms with Gasteiger partial charge in [0.2, 0.25) is 0 Å². The average Bonchev–Trinajstić information content (AvgIpc) is 2.42. The quantitative estimate of drug-likeness (QED) is 0.867. The molecule has 0 saturated heterocycles. The number of carbonyl (C=O) groups excluding carboxylic acids is 1. The van der Waals surface area contributed by atoms with E-state index < -0.39 is 6.09 Å². The van der Waals surface area contributed by atoms with E-state index in [1.165, 1.54) is 7.11 Å². The molecule has 0 saturated carbocycles. The second-order valence-electron chi connectivity index (χ2n) is 4.01. The van der Waals surface area contributed by atoms with Crippen LogP contribution in [-0.2, 0) is 4.74 Å². The Balaban J connectivity index is 2.36. The molecule has 18 heavy (non-hydrogen) atoms. The van der Waals surface area contributed by atoms with Crippen molar-refractivity contribution in [2.45, 2.75) is 6.92 Å². The van der Waals surface area contributed by atoms with E-state index >= 15 is 0 Å². The molecule has 0 radical (unpaired) electrons. The number of hydrogen-bond donors (Lipinski definition) is 1. The molecule has 0 aliphatic carbocycles. The minimum atomic E-state index is -0.460. The van der Waals surface area contributed by atoms with Gasteiger partial charge < -0.3 is 4.74 Å². The molecule has 0 spiro atoms. The minimum absolute atomic E-state index is 0.460. The summed E-state index contributed by atoms with van der Waals surface area (Å²) in [7, 11) is 1.35. The highest BCUT2D eigenvalue weighted by molar-refractivity contribution is 5.86. The van der Waals surface area contributed by atoms with E-state index in [9.17, 15) is 4.79 Å². The number of methoxy groups -OCH3 is 1. The first-order valence-electron chi connectivity index (χ1n) is 5.72. The Labute approximate surface area is 106 Å². The van der Waals surface area contributed by atoms with Crippen molar-refractivity contribution in [1.82, 2.24) is 0 Å². The van der Waals surface area contributed by atoms with Gasteiger partial charge in [0.1, 0.15) is 0 Å². The van der Waals surface area contributed by atoms with Crippen molar-refractivity contribution in [2.75, 3.05) is 12.4 Å². The van der Waals surface area contributed by atoms with Crippen LogP contribution in [0.3, 0.4) is 0 Å². The molecule has 2 rings (SSSR count). The normalized spacial score (nSPS) is 9.89. The highest BCUT2D eigenvalue weighted by atomic mass is 16.5. The van der Waals surface area contributed by atoms with Crippen LogP contribution in [0.1, 0.15) is 5.56 Å². The van der Waals surface area contributed by atoms with E-state index in [1.807, 2.05) is 55.5 Å². The standard InChI is InChI=1S/C15H15NO2/c1-11-8-9-13(16-15(17)18-2)10-14(11)12-6-4-3-5-7-12/h3-10H,1-2H3,(H,16,17). The van der Waals surface area contributed by atoms with Gasteiger partial charge in [0.15, 0.2) is 0 Å². The van der Waals surface area contributed by atoms with Gasteiger partial charge in [-0.3, -0.25) is 5.32 Å². The van der Waals surface area contributed by atoms with Crippen molar-refractivity contribution in [3.63, 3.8) is 0 Å². The molecular formula is C15H15NO2. The van der Waals surface area contributed by atoms with Crippen molar-refractivity contribution in [1.29, 1.82) is 0 Å². The van der Waals surface area contributed by atoms with E-state index in [0.717, 1.165) is 22.4 Å². The lowest BCUT2D eigenvalue weighted by Gasteiger charge is -2.09. The zero-order valence-corrected chi connectivity index (χ0v) is 10.4. The number of amides is 1. The first kappa shape index (κ1) is 12.2. The molecule has 2 aromatic rings. The second-order valence-corrected chi connectivity index (χ2v) is 4.01. The van der Waals surface area contributed by atoms with Crippen LogP contribution in [0, 0.1) is 6.92 Å². The van der Waals surface area contributed by atoms with Crippen molar-refractivity contribution in [2.24, 2.45) is 0 Å². The van der Waals surface area contributed by atoms with Crippen LogP contribution in [0.15, 0.2) is 48.5 Å². The van der Waals surface area contributed by atoms with Gasteiger partial charge in [-0.1, -0.05) is 36.4 Å². The van der Waals surface area contributed by atoms with E-state index in [-0.39, 0.29) is 0 Å².